The van der Waals surface area contributed by atoms with Crippen LogP contribution >= 0.6 is 0 Å². The molecule has 1 aromatic carbocycles. The van der Waals surface area contributed by atoms with Gasteiger partial charge in [-0.3, -0.25) is 4.98 Å². The molecule has 2 aromatic rings. The Labute approximate surface area is 116 Å². The molecule has 0 N–H and O–H groups in total. The van der Waals surface area contributed by atoms with Crippen molar-refractivity contribution in [1.82, 2.24) is 4.98 Å². The molecule has 0 saturated heterocycles. The first kappa shape index (κ1) is 13.8. The first-order valence-electron chi connectivity index (χ1n) is 7.28. The second kappa shape index (κ2) is 7.08. The zero-order valence-corrected chi connectivity index (χ0v) is 12.0. The molecular formula is C18H23N. The van der Waals surface area contributed by atoms with Crippen molar-refractivity contribution in [2.24, 2.45) is 0 Å². The lowest BCUT2D eigenvalue weighted by Crippen LogP contribution is -1.98. The molecule has 1 heterocycles. The van der Waals surface area contributed by atoms with Gasteiger partial charge in [0.15, 0.2) is 0 Å². The maximum absolute atomic E-state index is 4.21. The van der Waals surface area contributed by atoms with E-state index in [9.17, 15) is 0 Å². The number of benzene rings is 1. The van der Waals surface area contributed by atoms with Crippen LogP contribution in [0.4, 0.5) is 0 Å². The Morgan fingerprint density at radius 3 is 2.58 bits per heavy atom. The second-order valence-corrected chi connectivity index (χ2v) is 5.20. The Kier molecular flexibility index (Phi) is 5.14. The Hall–Kier alpha value is -1.63. The lowest BCUT2D eigenvalue weighted by molar-refractivity contribution is 0.631. The zero-order chi connectivity index (χ0) is 13.5. The van der Waals surface area contributed by atoms with Crippen LogP contribution in [-0.2, 0) is 12.8 Å². The van der Waals surface area contributed by atoms with Gasteiger partial charge in [-0.05, 0) is 54.4 Å². The molecule has 0 aliphatic carbocycles. The predicted molar refractivity (Wildman–Crippen MR) is 81.4 cm³/mol. The van der Waals surface area contributed by atoms with Crippen molar-refractivity contribution in [3.05, 3.63) is 65.5 Å². The quantitative estimate of drug-likeness (QED) is 0.722. The summed E-state index contributed by atoms with van der Waals surface area (Å²) < 4.78 is 0. The summed E-state index contributed by atoms with van der Waals surface area (Å²) in [5.41, 5.74) is 4.32. The summed E-state index contributed by atoms with van der Waals surface area (Å²) >= 11 is 0. The Bertz CT molecular complexity index is 490. The van der Waals surface area contributed by atoms with Gasteiger partial charge in [-0.25, -0.2) is 0 Å². The number of hydrogen-bond acceptors (Lipinski definition) is 1. The van der Waals surface area contributed by atoms with E-state index in [1.807, 2.05) is 12.4 Å². The minimum Gasteiger partial charge on any atom is -0.264 e. The summed E-state index contributed by atoms with van der Waals surface area (Å²) in [5.74, 6) is 0.646. The van der Waals surface area contributed by atoms with Gasteiger partial charge >= 0.3 is 0 Å². The van der Waals surface area contributed by atoms with E-state index in [1.54, 1.807) is 0 Å². The van der Waals surface area contributed by atoms with Gasteiger partial charge in [-0.2, -0.15) is 0 Å². The first-order valence-corrected chi connectivity index (χ1v) is 7.28. The fraction of sp³-hybridized carbons (Fsp3) is 0.389. The fourth-order valence-corrected chi connectivity index (χ4v) is 2.57. The molecule has 1 atom stereocenters. The van der Waals surface area contributed by atoms with Gasteiger partial charge in [0.1, 0.15) is 0 Å². The van der Waals surface area contributed by atoms with Crippen molar-refractivity contribution in [3.8, 4) is 0 Å². The SMILES string of the molecule is CCc1cnccc1CCCC(C)c1ccccc1. The molecule has 19 heavy (non-hydrogen) atoms. The average Bonchev–Trinajstić information content (AvgIpc) is 2.48. The maximum atomic E-state index is 4.21. The van der Waals surface area contributed by atoms with Crippen LogP contribution in [0.25, 0.3) is 0 Å². The largest absolute Gasteiger partial charge is 0.264 e. The third kappa shape index (κ3) is 3.92. The minimum atomic E-state index is 0.646. The third-order valence-corrected chi connectivity index (χ3v) is 3.84. The molecule has 0 amide bonds. The standard InChI is InChI=1S/C18H23N/c1-3-16-14-19-13-12-18(16)11-7-8-15(2)17-9-5-4-6-10-17/h4-6,9-10,12-15H,3,7-8,11H2,1-2H3. The fourth-order valence-electron chi connectivity index (χ4n) is 2.57. The molecule has 0 aliphatic rings. The zero-order valence-electron chi connectivity index (χ0n) is 12.0. The van der Waals surface area contributed by atoms with Gasteiger partial charge in [-0.15, -0.1) is 0 Å². The van der Waals surface area contributed by atoms with E-state index in [-0.39, 0.29) is 0 Å². The number of aryl methyl sites for hydroxylation is 2. The normalized spacial score (nSPS) is 12.3. The minimum absolute atomic E-state index is 0.646. The molecule has 0 spiro atoms. The Morgan fingerprint density at radius 2 is 1.84 bits per heavy atom. The Balaban J connectivity index is 1.87. The van der Waals surface area contributed by atoms with E-state index in [2.05, 4.69) is 55.2 Å². The van der Waals surface area contributed by atoms with E-state index in [0.717, 1.165) is 6.42 Å². The molecule has 1 nitrogen and oxygen atoms in total. The van der Waals surface area contributed by atoms with Gasteiger partial charge in [-0.1, -0.05) is 44.2 Å². The van der Waals surface area contributed by atoms with E-state index in [4.69, 9.17) is 0 Å². The van der Waals surface area contributed by atoms with Gasteiger partial charge in [0.2, 0.25) is 0 Å². The van der Waals surface area contributed by atoms with Gasteiger partial charge in [0.25, 0.3) is 0 Å². The van der Waals surface area contributed by atoms with Gasteiger partial charge in [0, 0.05) is 12.4 Å². The van der Waals surface area contributed by atoms with E-state index in [1.165, 1.54) is 36.0 Å². The third-order valence-electron chi connectivity index (χ3n) is 3.84. The summed E-state index contributed by atoms with van der Waals surface area (Å²) in [6, 6.07) is 13.0. The second-order valence-electron chi connectivity index (χ2n) is 5.20. The molecule has 2 rings (SSSR count). The summed E-state index contributed by atoms with van der Waals surface area (Å²) in [5, 5.41) is 0. The molecule has 1 aromatic heterocycles. The molecule has 100 valence electrons. The predicted octanol–water partition coefficient (Wildman–Crippen LogP) is 4.77. The topological polar surface area (TPSA) is 12.9 Å². The molecule has 1 unspecified atom stereocenters. The van der Waals surface area contributed by atoms with Crippen LogP contribution in [0.2, 0.25) is 0 Å². The van der Waals surface area contributed by atoms with Gasteiger partial charge in [0.05, 0.1) is 0 Å². The van der Waals surface area contributed by atoms with E-state index >= 15 is 0 Å². The molecule has 0 bridgehead atoms. The van der Waals surface area contributed by atoms with Crippen LogP contribution in [0.1, 0.15) is 49.3 Å². The number of rotatable bonds is 6. The van der Waals surface area contributed by atoms with Crippen molar-refractivity contribution in [2.45, 2.75) is 45.4 Å². The molecule has 0 radical (unpaired) electrons. The van der Waals surface area contributed by atoms with Crippen LogP contribution in [0.15, 0.2) is 48.8 Å². The first-order chi connectivity index (χ1) is 9.31. The highest BCUT2D eigenvalue weighted by atomic mass is 14.6. The van der Waals surface area contributed by atoms with Crippen molar-refractivity contribution in [1.29, 1.82) is 0 Å². The molecular weight excluding hydrogens is 230 g/mol. The monoisotopic (exact) mass is 253 g/mol. The number of aromatic nitrogens is 1. The number of pyridine rings is 1. The van der Waals surface area contributed by atoms with Crippen LogP contribution < -0.4 is 0 Å². The average molecular weight is 253 g/mol. The number of hydrogen-bond donors (Lipinski definition) is 0. The molecule has 1 heteroatoms. The summed E-state index contributed by atoms with van der Waals surface area (Å²) in [6.07, 6.45) is 8.66. The molecule has 0 saturated carbocycles. The van der Waals surface area contributed by atoms with Crippen LogP contribution in [0.3, 0.4) is 0 Å². The smallest absolute Gasteiger partial charge is 0.0302 e. The summed E-state index contributed by atoms with van der Waals surface area (Å²) in [4.78, 5) is 4.21. The molecule has 0 fully saturated rings. The number of nitrogens with zero attached hydrogens (tertiary/aromatic N) is 1. The van der Waals surface area contributed by atoms with Crippen molar-refractivity contribution in [2.75, 3.05) is 0 Å². The van der Waals surface area contributed by atoms with Crippen molar-refractivity contribution in [3.63, 3.8) is 0 Å². The Morgan fingerprint density at radius 1 is 1.05 bits per heavy atom. The van der Waals surface area contributed by atoms with E-state index in [0.29, 0.717) is 5.92 Å². The highest BCUT2D eigenvalue weighted by molar-refractivity contribution is 5.23. The van der Waals surface area contributed by atoms with Crippen molar-refractivity contribution >= 4 is 0 Å². The van der Waals surface area contributed by atoms with Gasteiger partial charge < -0.3 is 0 Å². The summed E-state index contributed by atoms with van der Waals surface area (Å²) in [7, 11) is 0. The van der Waals surface area contributed by atoms with Crippen LogP contribution in [0, 0.1) is 0 Å². The van der Waals surface area contributed by atoms with Crippen LogP contribution in [0.5, 0.6) is 0 Å². The van der Waals surface area contributed by atoms with E-state index < -0.39 is 0 Å². The lowest BCUT2D eigenvalue weighted by Gasteiger charge is -2.12. The highest BCUT2D eigenvalue weighted by Gasteiger charge is 2.06. The highest BCUT2D eigenvalue weighted by Crippen LogP contribution is 2.22. The maximum Gasteiger partial charge on any atom is 0.0302 e. The molecule has 0 aliphatic heterocycles. The summed E-state index contributed by atoms with van der Waals surface area (Å²) in [6.45, 7) is 4.52. The van der Waals surface area contributed by atoms with Crippen LogP contribution in [-0.4, -0.2) is 4.98 Å². The van der Waals surface area contributed by atoms with Crippen molar-refractivity contribution < 1.29 is 0 Å². The lowest BCUT2D eigenvalue weighted by atomic mass is 9.93.